The van der Waals surface area contributed by atoms with Crippen LogP contribution in [0.4, 0.5) is 11.4 Å². The van der Waals surface area contributed by atoms with E-state index in [2.05, 4.69) is 31.8 Å². The maximum Gasteiger partial charge on any atom is 0.264 e. The lowest BCUT2D eigenvalue weighted by molar-refractivity contribution is -0.119. The van der Waals surface area contributed by atoms with Crippen molar-refractivity contribution >= 4 is 55.4 Å². The molecule has 10 nitrogen and oxygen atoms in total. The van der Waals surface area contributed by atoms with Gasteiger partial charge in [-0.05, 0) is 102 Å². The average Bonchev–Trinajstić information content (AvgIpc) is 3.01. The predicted octanol–water partition coefficient (Wildman–Crippen LogP) is 5.44. The first kappa shape index (κ1) is 32.2. The molecular weight excluding hydrogens is 648 g/mol. The molecule has 4 rings (SSSR count). The maximum atomic E-state index is 13.6. The monoisotopic (exact) mass is 678 g/mol. The minimum Gasteiger partial charge on any atom is -0.496 e. The minimum atomic E-state index is -4.13. The number of hydrogen-bond acceptors (Lipinski definition) is 7. The van der Waals surface area contributed by atoms with E-state index in [9.17, 15) is 18.0 Å². The molecule has 0 unspecified atom stereocenters. The van der Waals surface area contributed by atoms with E-state index in [4.69, 9.17) is 9.47 Å². The van der Waals surface area contributed by atoms with Gasteiger partial charge in [0.1, 0.15) is 18.0 Å². The summed E-state index contributed by atoms with van der Waals surface area (Å²) in [6.07, 6.45) is 1.41. The fourth-order valence-electron chi connectivity index (χ4n) is 3.94. The van der Waals surface area contributed by atoms with Gasteiger partial charge in [0.2, 0.25) is 0 Å². The molecule has 0 heterocycles. The van der Waals surface area contributed by atoms with E-state index in [0.717, 1.165) is 15.4 Å². The number of ether oxygens (including phenoxy) is 2. The summed E-state index contributed by atoms with van der Waals surface area (Å²) in [5, 5.41) is 6.74. The number of benzene rings is 4. The Morgan fingerprint density at radius 1 is 0.886 bits per heavy atom. The van der Waals surface area contributed by atoms with E-state index in [1.165, 1.54) is 31.5 Å². The van der Waals surface area contributed by atoms with Crippen LogP contribution in [0.3, 0.4) is 0 Å². The smallest absolute Gasteiger partial charge is 0.264 e. The Balaban J connectivity index is 1.37. The summed E-state index contributed by atoms with van der Waals surface area (Å²) in [7, 11) is -2.65. The summed E-state index contributed by atoms with van der Waals surface area (Å²) < 4.78 is 39.5. The van der Waals surface area contributed by atoms with E-state index in [-0.39, 0.29) is 17.4 Å². The molecule has 0 bridgehead atoms. The summed E-state index contributed by atoms with van der Waals surface area (Å²) in [6.45, 7) is 3.18. The number of nitrogens with one attached hydrogen (secondary N) is 2. The molecule has 0 atom stereocenters. The number of anilines is 2. The van der Waals surface area contributed by atoms with Gasteiger partial charge in [0, 0.05) is 5.69 Å². The lowest BCUT2D eigenvalue weighted by Gasteiger charge is -2.24. The quantitative estimate of drug-likeness (QED) is 0.152. The number of amides is 2. The SMILES string of the molecule is COc1ccc(S(=O)(=O)N(CC(=O)N/N=C\c2ccc(OCC(=O)Nc3ccc(C)cc3)cc2)c2ccc(C)cc2)cc1Br. The van der Waals surface area contributed by atoms with Crippen molar-refractivity contribution in [2.24, 2.45) is 5.10 Å². The molecule has 44 heavy (non-hydrogen) atoms. The van der Waals surface area contributed by atoms with E-state index in [1.54, 1.807) is 48.5 Å². The molecule has 0 saturated carbocycles. The van der Waals surface area contributed by atoms with E-state index < -0.39 is 22.5 Å². The Bertz CT molecular complexity index is 1740. The number of sulfonamides is 1. The highest BCUT2D eigenvalue weighted by Crippen LogP contribution is 2.30. The summed E-state index contributed by atoms with van der Waals surface area (Å²) >= 11 is 3.32. The van der Waals surface area contributed by atoms with Crippen LogP contribution >= 0.6 is 15.9 Å². The third-order valence-electron chi connectivity index (χ3n) is 6.31. The molecule has 2 amide bonds. The molecule has 12 heteroatoms. The van der Waals surface area contributed by atoms with E-state index in [1.807, 2.05) is 38.1 Å². The largest absolute Gasteiger partial charge is 0.496 e. The lowest BCUT2D eigenvalue weighted by atomic mass is 10.2. The zero-order valence-corrected chi connectivity index (χ0v) is 26.7. The summed E-state index contributed by atoms with van der Waals surface area (Å²) in [5.74, 6) is 0.0246. The van der Waals surface area contributed by atoms with Gasteiger partial charge in [-0.1, -0.05) is 35.4 Å². The summed E-state index contributed by atoms with van der Waals surface area (Å²) in [6, 6.07) is 25.4. The number of aryl methyl sites for hydroxylation is 2. The third-order valence-corrected chi connectivity index (χ3v) is 8.70. The second-order valence-electron chi connectivity index (χ2n) is 9.71. The van der Waals surface area contributed by atoms with Crippen LogP contribution in [0.5, 0.6) is 11.5 Å². The van der Waals surface area contributed by atoms with Gasteiger partial charge in [-0.2, -0.15) is 5.10 Å². The Kier molecular flexibility index (Phi) is 10.7. The third kappa shape index (κ3) is 8.68. The zero-order chi connectivity index (χ0) is 31.7. The van der Waals surface area contributed by atoms with Crippen molar-refractivity contribution in [1.82, 2.24) is 5.43 Å². The fraction of sp³-hybridized carbons (Fsp3) is 0.156. The second kappa shape index (κ2) is 14.7. The first-order chi connectivity index (χ1) is 21.0. The van der Waals surface area contributed by atoms with Crippen LogP contribution in [-0.2, 0) is 19.6 Å². The highest BCUT2D eigenvalue weighted by Gasteiger charge is 2.28. The van der Waals surface area contributed by atoms with Gasteiger partial charge in [0.25, 0.3) is 21.8 Å². The molecular formula is C32H31BrN4O6S. The number of hydrazone groups is 1. The molecule has 0 aliphatic carbocycles. The predicted molar refractivity (Wildman–Crippen MR) is 174 cm³/mol. The normalized spacial score (nSPS) is 11.2. The van der Waals surface area contributed by atoms with Crippen LogP contribution in [-0.4, -0.2) is 46.7 Å². The van der Waals surface area contributed by atoms with E-state index in [0.29, 0.717) is 32.9 Å². The Morgan fingerprint density at radius 3 is 2.14 bits per heavy atom. The van der Waals surface area contributed by atoms with Crippen molar-refractivity contribution in [3.8, 4) is 11.5 Å². The van der Waals surface area contributed by atoms with Gasteiger partial charge >= 0.3 is 0 Å². The number of methoxy groups -OCH3 is 1. The van der Waals surface area contributed by atoms with Gasteiger partial charge in [0.15, 0.2) is 6.61 Å². The van der Waals surface area contributed by atoms with Crippen molar-refractivity contribution in [1.29, 1.82) is 0 Å². The van der Waals surface area contributed by atoms with Gasteiger partial charge in [-0.15, -0.1) is 0 Å². The van der Waals surface area contributed by atoms with Gasteiger partial charge < -0.3 is 14.8 Å². The van der Waals surface area contributed by atoms with E-state index >= 15 is 0 Å². The molecule has 0 aromatic heterocycles. The second-order valence-corrected chi connectivity index (χ2v) is 12.4. The zero-order valence-electron chi connectivity index (χ0n) is 24.3. The molecule has 0 saturated heterocycles. The molecule has 4 aromatic carbocycles. The standard InChI is InChI=1S/C32H31BrN4O6S/c1-22-4-10-25(11-5-22)35-32(39)21-43-27-14-8-24(9-15-27)19-34-36-31(38)20-37(26-12-6-23(2)7-13-26)44(40,41)28-16-17-30(42-3)29(33)18-28/h4-19H,20-21H2,1-3H3,(H,35,39)(H,36,38)/b34-19-. The van der Waals surface area contributed by atoms with Crippen LogP contribution < -0.4 is 24.5 Å². The number of rotatable bonds is 12. The van der Waals surface area contributed by atoms with Crippen LogP contribution in [0.1, 0.15) is 16.7 Å². The van der Waals surface area contributed by atoms with Crippen LogP contribution in [0.25, 0.3) is 0 Å². The first-order valence-corrected chi connectivity index (χ1v) is 15.6. The van der Waals surface area contributed by atoms with Crippen LogP contribution in [0.15, 0.2) is 105 Å². The van der Waals surface area contributed by atoms with Gasteiger partial charge in [-0.25, -0.2) is 13.8 Å². The number of carbonyl (C=O) groups excluding carboxylic acids is 2. The molecule has 0 aliphatic rings. The first-order valence-electron chi connectivity index (χ1n) is 13.4. The fourth-order valence-corrected chi connectivity index (χ4v) is 6.08. The van der Waals surface area contributed by atoms with Crippen LogP contribution in [0.2, 0.25) is 0 Å². The maximum absolute atomic E-state index is 13.6. The Labute approximate surface area is 264 Å². The van der Waals surface area contributed by atoms with Crippen molar-refractivity contribution in [3.63, 3.8) is 0 Å². The number of nitrogens with zero attached hydrogens (tertiary/aromatic N) is 2. The highest BCUT2D eigenvalue weighted by molar-refractivity contribution is 9.10. The number of hydrogen-bond donors (Lipinski definition) is 2. The molecule has 0 spiro atoms. The number of halogens is 1. The molecule has 0 fully saturated rings. The van der Waals surface area contributed by atoms with Gasteiger partial charge in [0.05, 0.1) is 28.4 Å². The molecule has 2 N–H and O–H groups in total. The van der Waals surface area contributed by atoms with Crippen molar-refractivity contribution in [3.05, 3.63) is 112 Å². The molecule has 0 aliphatic heterocycles. The number of carbonyl (C=O) groups is 2. The minimum absolute atomic E-state index is 0.0167. The van der Waals surface area contributed by atoms with Crippen molar-refractivity contribution in [2.75, 3.05) is 29.9 Å². The van der Waals surface area contributed by atoms with Crippen molar-refractivity contribution < 1.29 is 27.5 Å². The molecule has 228 valence electrons. The average molecular weight is 680 g/mol. The topological polar surface area (TPSA) is 126 Å². The van der Waals surface area contributed by atoms with Crippen LogP contribution in [0, 0.1) is 13.8 Å². The highest BCUT2D eigenvalue weighted by atomic mass is 79.9. The Hall–Kier alpha value is -4.68. The van der Waals surface area contributed by atoms with Gasteiger partial charge in [-0.3, -0.25) is 13.9 Å². The Morgan fingerprint density at radius 2 is 1.52 bits per heavy atom. The van der Waals surface area contributed by atoms with Crippen molar-refractivity contribution in [2.45, 2.75) is 18.7 Å². The summed E-state index contributed by atoms with van der Waals surface area (Å²) in [5.41, 5.74) is 6.08. The molecule has 0 radical (unpaired) electrons. The molecule has 4 aromatic rings. The lowest BCUT2D eigenvalue weighted by Crippen LogP contribution is -2.39. The summed E-state index contributed by atoms with van der Waals surface area (Å²) in [4.78, 5) is 25.0.